The number of hydrogen-bond acceptors (Lipinski definition) is 3. The molecule has 2 aromatic rings. The van der Waals surface area contributed by atoms with Gasteiger partial charge in [0.05, 0.1) is 6.21 Å². The van der Waals surface area contributed by atoms with Gasteiger partial charge in [-0.3, -0.25) is 9.59 Å². The summed E-state index contributed by atoms with van der Waals surface area (Å²) in [5.41, 5.74) is 5.05. The third-order valence-corrected chi connectivity index (χ3v) is 4.51. The van der Waals surface area contributed by atoms with Gasteiger partial charge in [-0.15, -0.1) is 0 Å². The fourth-order valence-electron chi connectivity index (χ4n) is 1.99. The van der Waals surface area contributed by atoms with Gasteiger partial charge in [-0.05, 0) is 71.0 Å². The third kappa shape index (κ3) is 6.95. The van der Waals surface area contributed by atoms with Gasteiger partial charge in [0.15, 0.2) is 0 Å². The monoisotopic (exact) mass is 513 g/mol. The van der Waals surface area contributed by atoms with Gasteiger partial charge in [-0.2, -0.15) is 5.10 Å². The van der Waals surface area contributed by atoms with Crippen LogP contribution < -0.4 is 10.7 Å². The van der Waals surface area contributed by atoms with Crippen molar-refractivity contribution in [1.29, 1.82) is 0 Å². The van der Waals surface area contributed by atoms with Crippen molar-refractivity contribution in [1.82, 2.24) is 5.43 Å². The highest BCUT2D eigenvalue weighted by molar-refractivity contribution is 14.1. The molecule has 2 amide bonds. The molecule has 0 aliphatic heterocycles. The van der Waals surface area contributed by atoms with Crippen LogP contribution in [0.2, 0.25) is 0 Å². The number of aryl methyl sites for hydroxylation is 1. The molecule has 0 bridgehead atoms. The van der Waals surface area contributed by atoms with E-state index in [1.54, 1.807) is 6.21 Å². The van der Waals surface area contributed by atoms with Crippen LogP contribution in [0.5, 0.6) is 0 Å². The zero-order chi connectivity index (χ0) is 18.2. The zero-order valence-electron chi connectivity index (χ0n) is 13.6. The maximum absolute atomic E-state index is 11.9. The molecule has 0 unspecified atom stereocenters. The summed E-state index contributed by atoms with van der Waals surface area (Å²) in [5.74, 6) is -0.501. The minimum Gasteiger partial charge on any atom is -0.326 e. The molecule has 0 spiro atoms. The number of benzene rings is 2. The maximum Gasteiger partial charge on any atom is 0.240 e. The van der Waals surface area contributed by atoms with Crippen LogP contribution in [-0.2, 0) is 9.59 Å². The second-order valence-corrected chi connectivity index (χ2v) is 7.51. The smallest absolute Gasteiger partial charge is 0.240 e. The Morgan fingerprint density at radius 1 is 1.12 bits per heavy atom. The lowest BCUT2D eigenvalue weighted by atomic mass is 10.2. The molecular weight excluding hydrogens is 497 g/mol. The number of amides is 2. The summed E-state index contributed by atoms with van der Waals surface area (Å²) in [4.78, 5) is 23.7. The third-order valence-electron chi connectivity index (χ3n) is 3.31. The van der Waals surface area contributed by atoms with Crippen LogP contribution in [-0.4, -0.2) is 18.0 Å². The number of nitrogens with zero attached hydrogens (tertiary/aromatic N) is 1. The fourth-order valence-corrected chi connectivity index (χ4v) is 2.90. The zero-order valence-corrected chi connectivity index (χ0v) is 17.3. The molecule has 0 saturated heterocycles. The average Bonchev–Trinajstić information content (AvgIpc) is 2.57. The number of hydrogen-bond donors (Lipinski definition) is 2. The highest BCUT2D eigenvalue weighted by Crippen LogP contribution is 2.18. The van der Waals surface area contributed by atoms with E-state index in [0.717, 1.165) is 24.9 Å². The van der Waals surface area contributed by atoms with Crippen LogP contribution in [0.25, 0.3) is 0 Å². The van der Waals surface area contributed by atoms with Crippen LogP contribution >= 0.6 is 38.5 Å². The minimum absolute atomic E-state index is 0.0763. The Hall–Kier alpha value is -1.74. The van der Waals surface area contributed by atoms with Crippen molar-refractivity contribution in [3.63, 3.8) is 0 Å². The first-order valence-electron chi connectivity index (χ1n) is 7.57. The van der Waals surface area contributed by atoms with E-state index in [1.807, 2.05) is 49.4 Å². The minimum atomic E-state index is -0.303. The Labute approximate surface area is 168 Å². The first-order valence-corrected chi connectivity index (χ1v) is 9.44. The average molecular weight is 514 g/mol. The number of carbonyl (C=O) groups is 2. The predicted molar refractivity (Wildman–Crippen MR) is 112 cm³/mol. The molecule has 2 N–H and O–H groups in total. The molecule has 0 fully saturated rings. The normalized spacial score (nSPS) is 10.7. The summed E-state index contributed by atoms with van der Waals surface area (Å²) in [7, 11) is 0. The standard InChI is InChI=1S/C18H17BrIN3O2/c1-12-10-15(20)6-7-16(12)22-17(24)8-9-18(25)23-21-11-13-2-4-14(19)5-3-13/h2-7,10-11H,8-9H2,1H3,(H,22,24)(H,23,25). The SMILES string of the molecule is Cc1cc(I)ccc1NC(=O)CCC(=O)NN=Cc1ccc(Br)cc1. The van der Waals surface area contributed by atoms with E-state index in [9.17, 15) is 9.59 Å². The van der Waals surface area contributed by atoms with E-state index in [1.165, 1.54) is 0 Å². The Bertz CT molecular complexity index is 791. The van der Waals surface area contributed by atoms with Crippen LogP contribution in [0.15, 0.2) is 52.0 Å². The summed E-state index contributed by atoms with van der Waals surface area (Å²) >= 11 is 5.57. The summed E-state index contributed by atoms with van der Waals surface area (Å²) in [5, 5.41) is 6.70. The molecule has 0 atom stereocenters. The number of nitrogens with one attached hydrogen (secondary N) is 2. The molecule has 0 radical (unpaired) electrons. The van der Waals surface area contributed by atoms with E-state index in [-0.39, 0.29) is 24.7 Å². The molecule has 0 aliphatic carbocycles. The van der Waals surface area contributed by atoms with Gasteiger partial charge >= 0.3 is 0 Å². The maximum atomic E-state index is 11.9. The topological polar surface area (TPSA) is 70.6 Å². The van der Waals surface area contributed by atoms with Crippen molar-refractivity contribution in [2.45, 2.75) is 19.8 Å². The Balaban J connectivity index is 1.75. The van der Waals surface area contributed by atoms with E-state index >= 15 is 0 Å². The van der Waals surface area contributed by atoms with E-state index < -0.39 is 0 Å². The van der Waals surface area contributed by atoms with Crippen molar-refractivity contribution in [2.75, 3.05) is 5.32 Å². The van der Waals surface area contributed by atoms with Gasteiger partial charge in [0, 0.05) is 26.6 Å². The molecular formula is C18H17BrIN3O2. The van der Waals surface area contributed by atoms with Crippen LogP contribution in [0.3, 0.4) is 0 Å². The van der Waals surface area contributed by atoms with E-state index in [0.29, 0.717) is 0 Å². The van der Waals surface area contributed by atoms with Gasteiger partial charge in [0.2, 0.25) is 11.8 Å². The molecule has 0 aromatic heterocycles. The van der Waals surface area contributed by atoms with Gasteiger partial charge in [-0.1, -0.05) is 28.1 Å². The highest BCUT2D eigenvalue weighted by atomic mass is 127. The lowest BCUT2D eigenvalue weighted by molar-refractivity contribution is -0.124. The number of carbonyl (C=O) groups excluding carboxylic acids is 2. The molecule has 0 heterocycles. The van der Waals surface area contributed by atoms with Gasteiger partial charge in [-0.25, -0.2) is 5.43 Å². The molecule has 2 rings (SSSR count). The summed E-state index contributed by atoms with van der Waals surface area (Å²) in [6.45, 7) is 1.93. The molecule has 2 aromatic carbocycles. The molecule has 7 heteroatoms. The largest absolute Gasteiger partial charge is 0.326 e. The second-order valence-electron chi connectivity index (χ2n) is 5.35. The number of anilines is 1. The number of rotatable bonds is 6. The Kier molecular flexibility index (Phi) is 7.57. The van der Waals surface area contributed by atoms with E-state index in [2.05, 4.69) is 54.4 Å². The van der Waals surface area contributed by atoms with Crippen LogP contribution in [0.1, 0.15) is 24.0 Å². The molecule has 0 aliphatic rings. The van der Waals surface area contributed by atoms with Crippen LogP contribution in [0.4, 0.5) is 5.69 Å². The molecule has 130 valence electrons. The van der Waals surface area contributed by atoms with Crippen molar-refractivity contribution in [3.05, 3.63) is 61.6 Å². The Morgan fingerprint density at radius 3 is 2.48 bits per heavy atom. The van der Waals surface area contributed by atoms with Gasteiger partial charge < -0.3 is 5.32 Å². The molecule has 0 saturated carbocycles. The first kappa shape index (κ1) is 19.6. The first-order chi connectivity index (χ1) is 11.9. The summed E-state index contributed by atoms with van der Waals surface area (Å²) < 4.78 is 2.08. The number of halogens is 2. The second kappa shape index (κ2) is 9.67. The highest BCUT2D eigenvalue weighted by Gasteiger charge is 2.08. The molecule has 25 heavy (non-hydrogen) atoms. The lowest BCUT2D eigenvalue weighted by Crippen LogP contribution is -2.20. The summed E-state index contributed by atoms with van der Waals surface area (Å²) in [6.07, 6.45) is 1.73. The quantitative estimate of drug-likeness (QED) is 0.344. The van der Waals surface area contributed by atoms with Crippen molar-refractivity contribution in [3.8, 4) is 0 Å². The Morgan fingerprint density at radius 2 is 1.80 bits per heavy atom. The van der Waals surface area contributed by atoms with Gasteiger partial charge in [0.1, 0.15) is 0 Å². The van der Waals surface area contributed by atoms with Crippen molar-refractivity contribution < 1.29 is 9.59 Å². The fraction of sp³-hybridized carbons (Fsp3) is 0.167. The summed E-state index contributed by atoms with van der Waals surface area (Å²) in [6, 6.07) is 13.3. The van der Waals surface area contributed by atoms with Crippen LogP contribution in [0, 0.1) is 10.5 Å². The predicted octanol–water partition coefficient (Wildman–Crippen LogP) is 4.23. The number of hydrazone groups is 1. The molecule has 5 nitrogen and oxygen atoms in total. The lowest BCUT2D eigenvalue weighted by Gasteiger charge is -2.08. The van der Waals surface area contributed by atoms with Gasteiger partial charge in [0.25, 0.3) is 0 Å². The van der Waals surface area contributed by atoms with E-state index in [4.69, 9.17) is 0 Å². The van der Waals surface area contributed by atoms with Crippen molar-refractivity contribution in [2.24, 2.45) is 5.10 Å². The van der Waals surface area contributed by atoms with Crippen molar-refractivity contribution >= 4 is 62.2 Å².